The summed E-state index contributed by atoms with van der Waals surface area (Å²) in [4.78, 5) is 12.2. The van der Waals surface area contributed by atoms with Crippen LogP contribution in [0.5, 0.6) is 0 Å². The van der Waals surface area contributed by atoms with Gasteiger partial charge in [-0.25, -0.2) is 0 Å². The van der Waals surface area contributed by atoms with Gasteiger partial charge in [0, 0.05) is 23.5 Å². The number of nitrogen functional groups attached to an aromatic ring is 1. The predicted molar refractivity (Wildman–Crippen MR) is 76.2 cm³/mol. The van der Waals surface area contributed by atoms with Gasteiger partial charge in [-0.1, -0.05) is 6.92 Å². The molecule has 0 bridgehead atoms. The van der Waals surface area contributed by atoms with E-state index in [1.54, 1.807) is 24.3 Å². The van der Waals surface area contributed by atoms with Gasteiger partial charge < -0.3 is 5.73 Å². The van der Waals surface area contributed by atoms with Crippen LogP contribution in [0.4, 0.5) is 5.69 Å². The second-order valence-corrected chi connectivity index (χ2v) is 4.52. The standard InChI is InChI=1S/C15H19N3O/c1-3-13-9-14(18(4-2)17-13)10-15(19)11-5-7-12(16)8-6-11/h5-9H,3-4,10,16H2,1-2H3. The monoisotopic (exact) mass is 257 g/mol. The van der Waals surface area contributed by atoms with E-state index in [1.165, 1.54) is 0 Å². The fraction of sp³-hybridized carbons (Fsp3) is 0.333. The highest BCUT2D eigenvalue weighted by Gasteiger charge is 2.12. The number of Topliss-reactive ketones (excluding diaryl/α,β-unsaturated/α-hetero) is 1. The summed E-state index contributed by atoms with van der Waals surface area (Å²) in [6, 6.07) is 9.05. The Hall–Kier alpha value is -2.10. The fourth-order valence-corrected chi connectivity index (χ4v) is 2.04. The molecule has 0 saturated heterocycles. The van der Waals surface area contributed by atoms with Gasteiger partial charge in [-0.3, -0.25) is 9.48 Å². The Balaban J connectivity index is 2.18. The van der Waals surface area contributed by atoms with Gasteiger partial charge in [0.05, 0.1) is 12.1 Å². The highest BCUT2D eigenvalue weighted by molar-refractivity contribution is 5.97. The van der Waals surface area contributed by atoms with Crippen LogP contribution >= 0.6 is 0 Å². The summed E-state index contributed by atoms with van der Waals surface area (Å²) in [6.07, 6.45) is 1.26. The molecule has 0 aliphatic heterocycles. The molecule has 4 nitrogen and oxygen atoms in total. The molecule has 0 fully saturated rings. The van der Waals surface area contributed by atoms with E-state index < -0.39 is 0 Å². The molecular formula is C15H19N3O. The Morgan fingerprint density at radius 3 is 2.53 bits per heavy atom. The minimum absolute atomic E-state index is 0.0947. The molecule has 0 unspecified atom stereocenters. The third-order valence-electron chi connectivity index (χ3n) is 3.15. The highest BCUT2D eigenvalue weighted by Crippen LogP contribution is 2.12. The Labute approximate surface area is 113 Å². The summed E-state index contributed by atoms with van der Waals surface area (Å²) < 4.78 is 1.90. The third kappa shape index (κ3) is 3.02. The highest BCUT2D eigenvalue weighted by atomic mass is 16.1. The van der Waals surface area contributed by atoms with Crippen molar-refractivity contribution in [3.05, 3.63) is 47.3 Å². The minimum atomic E-state index is 0.0947. The summed E-state index contributed by atoms with van der Waals surface area (Å²) in [5, 5.41) is 4.45. The number of hydrogen-bond acceptors (Lipinski definition) is 3. The van der Waals surface area contributed by atoms with Crippen molar-refractivity contribution in [3.8, 4) is 0 Å². The molecule has 1 heterocycles. The van der Waals surface area contributed by atoms with Crippen molar-refractivity contribution in [1.82, 2.24) is 9.78 Å². The van der Waals surface area contributed by atoms with Gasteiger partial charge in [0.25, 0.3) is 0 Å². The fourth-order valence-electron chi connectivity index (χ4n) is 2.04. The summed E-state index contributed by atoms with van der Waals surface area (Å²) in [6.45, 7) is 4.88. The first-order valence-electron chi connectivity index (χ1n) is 6.58. The molecule has 0 saturated carbocycles. The molecule has 0 spiro atoms. The Bertz CT molecular complexity index is 570. The van der Waals surface area contributed by atoms with Gasteiger partial charge in [0.1, 0.15) is 0 Å². The largest absolute Gasteiger partial charge is 0.399 e. The molecule has 0 amide bonds. The van der Waals surface area contributed by atoms with Crippen molar-refractivity contribution in [2.75, 3.05) is 5.73 Å². The Morgan fingerprint density at radius 2 is 1.95 bits per heavy atom. The molecule has 0 aliphatic rings. The average Bonchev–Trinajstić information content (AvgIpc) is 2.81. The number of rotatable bonds is 5. The van der Waals surface area contributed by atoms with E-state index in [0.717, 1.165) is 24.4 Å². The number of nitrogens with two attached hydrogens (primary N) is 1. The Morgan fingerprint density at radius 1 is 1.26 bits per heavy atom. The molecule has 1 aromatic heterocycles. The summed E-state index contributed by atoms with van der Waals surface area (Å²) >= 11 is 0. The normalized spacial score (nSPS) is 10.6. The summed E-state index contributed by atoms with van der Waals surface area (Å²) in [5.41, 5.74) is 8.98. The second-order valence-electron chi connectivity index (χ2n) is 4.52. The number of carbonyl (C=O) groups excluding carboxylic acids is 1. The quantitative estimate of drug-likeness (QED) is 0.661. The number of anilines is 1. The molecule has 0 radical (unpaired) electrons. The molecule has 1 aromatic carbocycles. The molecule has 0 aliphatic carbocycles. The number of benzene rings is 1. The first-order chi connectivity index (χ1) is 9.13. The molecule has 19 heavy (non-hydrogen) atoms. The predicted octanol–water partition coefficient (Wildman–Crippen LogP) is 2.47. The molecule has 0 atom stereocenters. The molecule has 100 valence electrons. The van der Waals surface area contributed by atoms with Gasteiger partial charge in [-0.05, 0) is 43.7 Å². The van der Waals surface area contributed by atoms with Gasteiger partial charge in [0.2, 0.25) is 0 Å². The molecular weight excluding hydrogens is 238 g/mol. The van der Waals surface area contributed by atoms with Crippen molar-refractivity contribution >= 4 is 11.5 Å². The lowest BCUT2D eigenvalue weighted by Crippen LogP contribution is -2.09. The lowest BCUT2D eigenvalue weighted by Gasteiger charge is -2.04. The molecule has 4 heteroatoms. The van der Waals surface area contributed by atoms with Crippen molar-refractivity contribution in [2.45, 2.75) is 33.2 Å². The number of ketones is 1. The first-order valence-corrected chi connectivity index (χ1v) is 6.58. The maximum absolute atomic E-state index is 12.2. The molecule has 2 N–H and O–H groups in total. The molecule has 2 aromatic rings. The van der Waals surface area contributed by atoms with Crippen LogP contribution in [0.25, 0.3) is 0 Å². The maximum atomic E-state index is 12.2. The van der Waals surface area contributed by atoms with Crippen molar-refractivity contribution < 1.29 is 4.79 Å². The van der Waals surface area contributed by atoms with E-state index in [1.807, 2.05) is 17.7 Å². The second kappa shape index (κ2) is 5.69. The maximum Gasteiger partial charge on any atom is 0.168 e. The van der Waals surface area contributed by atoms with Gasteiger partial charge >= 0.3 is 0 Å². The van der Waals surface area contributed by atoms with Crippen LogP contribution in [0.1, 0.15) is 35.6 Å². The van der Waals surface area contributed by atoms with Crippen molar-refractivity contribution in [1.29, 1.82) is 0 Å². The minimum Gasteiger partial charge on any atom is -0.399 e. The summed E-state index contributed by atoms with van der Waals surface area (Å²) in [7, 11) is 0. The number of carbonyl (C=O) groups is 1. The van der Waals surface area contributed by atoms with E-state index in [-0.39, 0.29) is 5.78 Å². The lowest BCUT2D eigenvalue weighted by molar-refractivity contribution is 0.0990. The topological polar surface area (TPSA) is 60.9 Å². The van der Waals surface area contributed by atoms with Crippen LogP contribution in [0.2, 0.25) is 0 Å². The first kappa shape index (κ1) is 13.3. The third-order valence-corrected chi connectivity index (χ3v) is 3.15. The van der Waals surface area contributed by atoms with Gasteiger partial charge in [0.15, 0.2) is 5.78 Å². The zero-order valence-corrected chi connectivity index (χ0v) is 11.4. The van der Waals surface area contributed by atoms with Crippen LogP contribution in [0.3, 0.4) is 0 Å². The zero-order chi connectivity index (χ0) is 13.8. The van der Waals surface area contributed by atoms with E-state index in [4.69, 9.17) is 5.73 Å². The van der Waals surface area contributed by atoms with Crippen LogP contribution in [-0.2, 0) is 19.4 Å². The van der Waals surface area contributed by atoms with Crippen LogP contribution < -0.4 is 5.73 Å². The number of nitrogens with zero attached hydrogens (tertiary/aromatic N) is 2. The van der Waals surface area contributed by atoms with Crippen LogP contribution in [0.15, 0.2) is 30.3 Å². The lowest BCUT2D eigenvalue weighted by atomic mass is 10.1. The SMILES string of the molecule is CCc1cc(CC(=O)c2ccc(N)cc2)n(CC)n1. The average molecular weight is 257 g/mol. The van der Waals surface area contributed by atoms with E-state index in [2.05, 4.69) is 12.0 Å². The number of hydrogen-bond donors (Lipinski definition) is 1. The van der Waals surface area contributed by atoms with Crippen LogP contribution in [-0.4, -0.2) is 15.6 Å². The smallest absolute Gasteiger partial charge is 0.168 e. The summed E-state index contributed by atoms with van der Waals surface area (Å²) in [5.74, 6) is 0.0947. The van der Waals surface area contributed by atoms with Gasteiger partial charge in [-0.15, -0.1) is 0 Å². The number of aromatic nitrogens is 2. The van der Waals surface area contributed by atoms with Gasteiger partial charge in [-0.2, -0.15) is 5.10 Å². The van der Waals surface area contributed by atoms with E-state index in [9.17, 15) is 4.79 Å². The van der Waals surface area contributed by atoms with E-state index >= 15 is 0 Å². The number of aryl methyl sites for hydroxylation is 2. The molecule has 2 rings (SSSR count). The van der Waals surface area contributed by atoms with E-state index in [0.29, 0.717) is 17.7 Å². The van der Waals surface area contributed by atoms with Crippen molar-refractivity contribution in [2.24, 2.45) is 0 Å². The van der Waals surface area contributed by atoms with Crippen molar-refractivity contribution in [3.63, 3.8) is 0 Å². The Kier molecular flexibility index (Phi) is 4.00. The zero-order valence-electron chi connectivity index (χ0n) is 11.4. The van der Waals surface area contributed by atoms with Crippen LogP contribution in [0, 0.1) is 0 Å².